The van der Waals surface area contributed by atoms with Gasteiger partial charge in [-0.3, -0.25) is 14.6 Å². The molecule has 2 N–H and O–H groups in total. The van der Waals surface area contributed by atoms with Crippen molar-refractivity contribution in [1.82, 2.24) is 24.8 Å². The molecule has 1 aromatic heterocycles. The van der Waals surface area contributed by atoms with Crippen LogP contribution in [0.3, 0.4) is 0 Å². The summed E-state index contributed by atoms with van der Waals surface area (Å²) in [7, 11) is 1.97. The van der Waals surface area contributed by atoms with Gasteiger partial charge < -0.3 is 15.2 Å². The number of nitrogens with two attached hydrogens (primary N) is 1. The van der Waals surface area contributed by atoms with Gasteiger partial charge in [0, 0.05) is 39.3 Å². The smallest absolute Gasteiger partial charge is 0.240 e. The first-order valence-electron chi connectivity index (χ1n) is 9.37. The highest BCUT2D eigenvalue weighted by atomic mass is 16.5. The van der Waals surface area contributed by atoms with Crippen molar-refractivity contribution in [3.63, 3.8) is 0 Å². The fourth-order valence-electron chi connectivity index (χ4n) is 3.72. The van der Waals surface area contributed by atoms with E-state index in [0.29, 0.717) is 30.8 Å². The normalized spacial score (nSPS) is 20.7. The summed E-state index contributed by atoms with van der Waals surface area (Å²) in [4.78, 5) is 23.3. The topological polar surface area (TPSA) is 91.7 Å². The predicted octanol–water partition coefficient (Wildman–Crippen LogP) is 0.437. The van der Waals surface area contributed by atoms with Gasteiger partial charge in [-0.15, -0.1) is 0 Å². The van der Waals surface area contributed by atoms with Crippen LogP contribution in [0.2, 0.25) is 0 Å². The molecule has 8 nitrogen and oxygen atoms in total. The number of aromatic nitrogens is 2. The lowest BCUT2D eigenvalue weighted by Gasteiger charge is -2.36. The van der Waals surface area contributed by atoms with Gasteiger partial charge in [0.25, 0.3) is 0 Å². The molecule has 1 saturated heterocycles. The number of piperazine rings is 1. The van der Waals surface area contributed by atoms with Crippen LogP contribution in [0.4, 0.5) is 0 Å². The average Bonchev–Trinajstić information content (AvgIpc) is 3.11. The van der Waals surface area contributed by atoms with E-state index in [1.54, 1.807) is 0 Å². The van der Waals surface area contributed by atoms with E-state index in [1.807, 2.05) is 11.9 Å². The minimum absolute atomic E-state index is 0.256. The molecule has 1 aliphatic heterocycles. The number of carbonyl (C=O) groups is 1. The van der Waals surface area contributed by atoms with E-state index in [9.17, 15) is 4.79 Å². The minimum Gasteiger partial charge on any atom is -0.342 e. The molecular weight excluding hydrogens is 320 g/mol. The van der Waals surface area contributed by atoms with E-state index in [2.05, 4.69) is 19.9 Å². The van der Waals surface area contributed by atoms with Crippen molar-refractivity contribution in [1.29, 1.82) is 0 Å². The summed E-state index contributed by atoms with van der Waals surface area (Å²) in [5, 5.41) is 3.94. The predicted molar refractivity (Wildman–Crippen MR) is 93.5 cm³/mol. The fraction of sp³-hybridized carbons (Fsp3) is 0.824. The quantitative estimate of drug-likeness (QED) is 0.796. The molecule has 2 fully saturated rings. The number of likely N-dealkylation sites (N-methyl/N-ethyl adjacent to an activating group) is 1. The van der Waals surface area contributed by atoms with Crippen LogP contribution in [0.25, 0.3) is 0 Å². The van der Waals surface area contributed by atoms with Crippen molar-refractivity contribution < 1.29 is 9.32 Å². The number of carbonyl (C=O) groups excluding carboxylic acids is 1. The number of hydrogen-bond acceptors (Lipinski definition) is 7. The Hall–Kier alpha value is -1.51. The molecule has 2 heterocycles. The first-order valence-corrected chi connectivity index (χ1v) is 9.37. The molecule has 0 radical (unpaired) electrons. The number of hydrogen-bond donors (Lipinski definition) is 1. The first kappa shape index (κ1) is 18.3. The van der Waals surface area contributed by atoms with Crippen molar-refractivity contribution in [2.24, 2.45) is 5.73 Å². The van der Waals surface area contributed by atoms with Gasteiger partial charge in [0.1, 0.15) is 0 Å². The Bertz CT molecular complexity index is 549. The van der Waals surface area contributed by atoms with Gasteiger partial charge in [-0.2, -0.15) is 4.98 Å². The highest BCUT2D eigenvalue weighted by molar-refractivity contribution is 5.78. The Morgan fingerprint density at radius 3 is 2.52 bits per heavy atom. The summed E-state index contributed by atoms with van der Waals surface area (Å²) in [5.74, 6) is 1.41. The Labute approximate surface area is 149 Å². The van der Waals surface area contributed by atoms with Crippen LogP contribution in [-0.2, 0) is 17.9 Å². The van der Waals surface area contributed by atoms with Crippen molar-refractivity contribution in [3.8, 4) is 0 Å². The van der Waals surface area contributed by atoms with E-state index in [4.69, 9.17) is 10.3 Å². The first-order chi connectivity index (χ1) is 12.2. The summed E-state index contributed by atoms with van der Waals surface area (Å²) < 4.78 is 5.04. The van der Waals surface area contributed by atoms with E-state index in [1.165, 1.54) is 19.3 Å². The third kappa shape index (κ3) is 4.99. The highest BCUT2D eigenvalue weighted by Crippen LogP contribution is 2.21. The van der Waals surface area contributed by atoms with E-state index in [-0.39, 0.29) is 12.5 Å². The summed E-state index contributed by atoms with van der Waals surface area (Å²) in [6, 6.07) is 0.442. The fourth-order valence-corrected chi connectivity index (χ4v) is 3.72. The molecule has 140 valence electrons. The molecule has 1 aromatic rings. The van der Waals surface area contributed by atoms with Crippen LogP contribution >= 0.6 is 0 Å². The average molecular weight is 350 g/mol. The van der Waals surface area contributed by atoms with Crippen LogP contribution in [-0.4, -0.2) is 76.6 Å². The lowest BCUT2D eigenvalue weighted by atomic mass is 9.94. The maximum absolute atomic E-state index is 12.5. The molecule has 0 spiro atoms. The second-order valence-electron chi connectivity index (χ2n) is 7.16. The number of rotatable bonds is 6. The second kappa shape index (κ2) is 8.73. The third-order valence-corrected chi connectivity index (χ3v) is 5.39. The van der Waals surface area contributed by atoms with E-state index >= 15 is 0 Å². The van der Waals surface area contributed by atoms with E-state index in [0.717, 1.165) is 39.0 Å². The molecule has 0 unspecified atom stereocenters. The molecule has 25 heavy (non-hydrogen) atoms. The molecule has 3 rings (SSSR count). The van der Waals surface area contributed by atoms with Gasteiger partial charge in [-0.25, -0.2) is 0 Å². The SMILES string of the molecule is CN(C(=O)CN1CCN(Cc2noc(CN)n2)CC1)C1CCCCC1. The van der Waals surface area contributed by atoms with Gasteiger partial charge in [0.2, 0.25) is 11.8 Å². The van der Waals surface area contributed by atoms with Crippen molar-refractivity contribution >= 4 is 5.91 Å². The number of nitrogens with zero attached hydrogens (tertiary/aromatic N) is 5. The van der Waals surface area contributed by atoms with Crippen LogP contribution in [0.15, 0.2) is 4.52 Å². The molecule has 8 heteroatoms. The standard InChI is InChI=1S/C17H30N6O2/c1-21(14-5-3-2-4-6-14)17(24)13-23-9-7-22(8-10-23)12-15-19-16(11-18)25-20-15/h14H,2-13,18H2,1H3. The van der Waals surface area contributed by atoms with Gasteiger partial charge in [0.05, 0.1) is 19.6 Å². The molecule has 1 amide bonds. The minimum atomic E-state index is 0.256. The largest absolute Gasteiger partial charge is 0.342 e. The third-order valence-electron chi connectivity index (χ3n) is 5.39. The summed E-state index contributed by atoms with van der Waals surface area (Å²) >= 11 is 0. The molecule has 0 aromatic carbocycles. The Morgan fingerprint density at radius 2 is 1.88 bits per heavy atom. The maximum atomic E-state index is 12.5. The zero-order chi connectivity index (χ0) is 17.6. The summed E-state index contributed by atoms with van der Waals surface area (Å²) in [5.41, 5.74) is 5.49. The highest BCUT2D eigenvalue weighted by Gasteiger charge is 2.25. The lowest BCUT2D eigenvalue weighted by Crippen LogP contribution is -2.50. The summed E-state index contributed by atoms with van der Waals surface area (Å²) in [6.45, 7) is 5.09. The zero-order valence-corrected chi connectivity index (χ0v) is 15.2. The molecule has 0 bridgehead atoms. The molecular formula is C17H30N6O2. The second-order valence-corrected chi connectivity index (χ2v) is 7.16. The Balaban J connectivity index is 1.40. The van der Waals surface area contributed by atoms with E-state index < -0.39 is 0 Å². The summed E-state index contributed by atoms with van der Waals surface area (Å²) in [6.07, 6.45) is 6.14. The van der Waals surface area contributed by atoms with Gasteiger partial charge >= 0.3 is 0 Å². The van der Waals surface area contributed by atoms with Crippen LogP contribution in [0, 0.1) is 0 Å². The van der Waals surface area contributed by atoms with Crippen molar-refractivity contribution in [2.75, 3.05) is 39.8 Å². The molecule has 2 aliphatic rings. The molecule has 1 aliphatic carbocycles. The monoisotopic (exact) mass is 350 g/mol. The van der Waals surface area contributed by atoms with Gasteiger partial charge in [0.15, 0.2) is 5.82 Å². The number of amides is 1. The Kier molecular flexibility index (Phi) is 6.39. The molecule has 1 saturated carbocycles. The Morgan fingerprint density at radius 1 is 1.20 bits per heavy atom. The van der Waals surface area contributed by atoms with Crippen molar-refractivity contribution in [3.05, 3.63) is 11.7 Å². The molecule has 0 atom stereocenters. The van der Waals surface area contributed by atoms with Crippen LogP contribution in [0.5, 0.6) is 0 Å². The van der Waals surface area contributed by atoms with Crippen LogP contribution < -0.4 is 5.73 Å². The van der Waals surface area contributed by atoms with Gasteiger partial charge in [-0.05, 0) is 12.8 Å². The maximum Gasteiger partial charge on any atom is 0.240 e. The van der Waals surface area contributed by atoms with Crippen molar-refractivity contribution in [2.45, 2.75) is 51.2 Å². The lowest BCUT2D eigenvalue weighted by molar-refractivity contribution is -0.134. The van der Waals surface area contributed by atoms with Gasteiger partial charge in [-0.1, -0.05) is 24.4 Å². The van der Waals surface area contributed by atoms with Crippen LogP contribution in [0.1, 0.15) is 43.8 Å². The zero-order valence-electron chi connectivity index (χ0n) is 15.2.